The lowest BCUT2D eigenvalue weighted by Crippen LogP contribution is -2.44. The van der Waals surface area contributed by atoms with Gasteiger partial charge in [0.25, 0.3) is 0 Å². The first-order valence-electron chi connectivity index (χ1n) is 15.7. The smallest absolute Gasteiger partial charge is 0.192 e. The van der Waals surface area contributed by atoms with Crippen molar-refractivity contribution in [3.8, 4) is 0 Å². The molecule has 1 spiro atoms. The Labute approximate surface area is 238 Å². The molecule has 2 fully saturated rings. The molecule has 4 heteroatoms. The third-order valence-corrected chi connectivity index (χ3v) is 15.1. The Morgan fingerprint density at radius 2 is 1.59 bits per heavy atom. The SMILES string of the molecule is CC(C)c1nc2c(c3c1[C@@H](c1ccc(C4CC4)cc1)OC31CCCC1)C(O[Si](C)(C)C(C)(C)C)CC(C)(C)C2. The average Bonchev–Trinajstić information content (AvgIpc) is 3.50. The van der Waals surface area contributed by atoms with Gasteiger partial charge in [-0.15, -0.1) is 0 Å². The minimum absolute atomic E-state index is 0.0370. The van der Waals surface area contributed by atoms with Crippen molar-refractivity contribution >= 4 is 8.32 Å². The molecule has 212 valence electrons. The Kier molecular flexibility index (Phi) is 6.57. The van der Waals surface area contributed by atoms with Crippen molar-refractivity contribution in [3.63, 3.8) is 0 Å². The molecule has 1 aromatic carbocycles. The zero-order valence-electron chi connectivity index (χ0n) is 26.0. The minimum Gasteiger partial charge on any atom is -0.410 e. The number of rotatable bonds is 5. The van der Waals surface area contributed by atoms with Gasteiger partial charge >= 0.3 is 0 Å². The average molecular weight is 546 g/mol. The summed E-state index contributed by atoms with van der Waals surface area (Å²) in [6.45, 7) is 21.4. The van der Waals surface area contributed by atoms with Crippen molar-refractivity contribution in [3.05, 3.63) is 63.5 Å². The summed E-state index contributed by atoms with van der Waals surface area (Å²) in [7, 11) is -2.00. The highest BCUT2D eigenvalue weighted by atomic mass is 28.4. The minimum atomic E-state index is -2.00. The molecule has 0 saturated heterocycles. The van der Waals surface area contributed by atoms with Crippen LogP contribution in [-0.2, 0) is 21.2 Å². The van der Waals surface area contributed by atoms with Gasteiger partial charge in [-0.2, -0.15) is 0 Å². The van der Waals surface area contributed by atoms with E-state index in [1.807, 2.05) is 0 Å². The highest BCUT2D eigenvalue weighted by Gasteiger charge is 2.54. The van der Waals surface area contributed by atoms with Gasteiger partial charge in [-0.1, -0.05) is 85.6 Å². The third kappa shape index (κ3) is 4.77. The molecule has 1 unspecified atom stereocenters. The Morgan fingerprint density at radius 3 is 2.15 bits per heavy atom. The maximum absolute atomic E-state index is 7.37. The molecule has 3 nitrogen and oxygen atoms in total. The summed E-state index contributed by atoms with van der Waals surface area (Å²) in [5.41, 5.74) is 9.58. The van der Waals surface area contributed by atoms with E-state index in [-0.39, 0.29) is 28.3 Å². The van der Waals surface area contributed by atoms with Crippen LogP contribution in [0.2, 0.25) is 18.1 Å². The largest absolute Gasteiger partial charge is 0.410 e. The van der Waals surface area contributed by atoms with E-state index in [4.69, 9.17) is 14.1 Å². The lowest BCUT2D eigenvalue weighted by atomic mass is 9.70. The number of pyridine rings is 1. The molecule has 2 saturated carbocycles. The molecule has 0 N–H and O–H groups in total. The van der Waals surface area contributed by atoms with Crippen molar-refractivity contribution in [1.82, 2.24) is 4.98 Å². The van der Waals surface area contributed by atoms with Crippen molar-refractivity contribution in [1.29, 1.82) is 0 Å². The van der Waals surface area contributed by atoms with Crippen molar-refractivity contribution < 1.29 is 9.16 Å². The van der Waals surface area contributed by atoms with Crippen molar-refractivity contribution in [2.75, 3.05) is 0 Å². The van der Waals surface area contributed by atoms with Gasteiger partial charge in [0.2, 0.25) is 0 Å². The second-order valence-corrected chi connectivity index (χ2v) is 20.6. The van der Waals surface area contributed by atoms with Gasteiger partial charge in [-0.3, -0.25) is 4.98 Å². The Balaban J connectivity index is 1.56. The lowest BCUT2D eigenvalue weighted by Gasteiger charge is -2.45. The fraction of sp³-hybridized carbons (Fsp3) is 0.686. The van der Waals surface area contributed by atoms with Gasteiger partial charge in [-0.05, 0) is 90.6 Å². The van der Waals surface area contributed by atoms with Crippen LogP contribution in [0.25, 0.3) is 0 Å². The fourth-order valence-corrected chi connectivity index (χ4v) is 8.64. The first-order chi connectivity index (χ1) is 18.2. The third-order valence-electron chi connectivity index (χ3n) is 10.6. The predicted molar refractivity (Wildman–Crippen MR) is 163 cm³/mol. The van der Waals surface area contributed by atoms with E-state index in [1.165, 1.54) is 64.9 Å². The van der Waals surface area contributed by atoms with E-state index in [1.54, 1.807) is 0 Å². The Morgan fingerprint density at radius 1 is 0.974 bits per heavy atom. The molecule has 2 heterocycles. The van der Waals surface area contributed by atoms with E-state index >= 15 is 0 Å². The molecule has 2 atom stereocenters. The van der Waals surface area contributed by atoms with Crippen molar-refractivity contribution in [2.45, 2.75) is 148 Å². The molecular weight excluding hydrogens is 494 g/mol. The number of benzene rings is 1. The highest BCUT2D eigenvalue weighted by Crippen LogP contribution is 2.60. The van der Waals surface area contributed by atoms with Gasteiger partial charge < -0.3 is 9.16 Å². The zero-order chi connectivity index (χ0) is 28.0. The standard InChI is InChI=1S/C35H51NO2Si/c1-22(2)31-29-30(28-26(36-31)20-34(6,7)21-27(28)38-39(8,9)33(3,4)5)35(18-10-11-19-35)37-32(29)25-16-14-24(15-17-25)23-12-13-23/h14-17,22-23,27,32H,10-13,18-21H2,1-9H3/t27?,32-/m1/s1. The number of fused-ring (bicyclic) bond motifs is 4. The topological polar surface area (TPSA) is 31.4 Å². The van der Waals surface area contributed by atoms with E-state index in [2.05, 4.69) is 85.8 Å². The maximum Gasteiger partial charge on any atom is 0.192 e. The second-order valence-electron chi connectivity index (χ2n) is 15.9. The molecule has 6 rings (SSSR count). The van der Waals surface area contributed by atoms with Crippen LogP contribution in [0.1, 0.15) is 157 Å². The van der Waals surface area contributed by atoms with Gasteiger partial charge in [0, 0.05) is 22.5 Å². The van der Waals surface area contributed by atoms with Crippen LogP contribution >= 0.6 is 0 Å². The summed E-state index contributed by atoms with van der Waals surface area (Å²) in [6.07, 6.45) is 9.49. The molecule has 0 radical (unpaired) electrons. The number of hydrogen-bond donors (Lipinski definition) is 0. The van der Waals surface area contributed by atoms with Gasteiger partial charge in [0.15, 0.2) is 8.32 Å². The van der Waals surface area contributed by atoms with Gasteiger partial charge in [0.05, 0.1) is 11.7 Å². The normalized spacial score (nSPS) is 25.8. The first-order valence-corrected chi connectivity index (χ1v) is 18.6. The van der Waals surface area contributed by atoms with Crippen LogP contribution in [0.3, 0.4) is 0 Å². The molecular formula is C35H51NO2Si. The van der Waals surface area contributed by atoms with E-state index < -0.39 is 8.32 Å². The van der Waals surface area contributed by atoms with Gasteiger partial charge in [0.1, 0.15) is 6.10 Å². The lowest BCUT2D eigenvalue weighted by molar-refractivity contribution is -0.0579. The van der Waals surface area contributed by atoms with E-state index in [0.29, 0.717) is 5.92 Å². The number of ether oxygens (including phenoxy) is 1. The highest BCUT2D eigenvalue weighted by molar-refractivity contribution is 6.74. The molecule has 2 aromatic rings. The molecule has 39 heavy (non-hydrogen) atoms. The molecule has 1 aromatic heterocycles. The van der Waals surface area contributed by atoms with Crippen LogP contribution in [-0.4, -0.2) is 13.3 Å². The number of hydrogen-bond acceptors (Lipinski definition) is 3. The fourth-order valence-electron chi connectivity index (χ4n) is 7.38. The number of aromatic nitrogens is 1. The van der Waals surface area contributed by atoms with Crippen LogP contribution in [0.5, 0.6) is 0 Å². The maximum atomic E-state index is 7.37. The summed E-state index contributed by atoms with van der Waals surface area (Å²) in [5.74, 6) is 1.12. The second kappa shape index (κ2) is 9.26. The Bertz CT molecular complexity index is 1240. The Hall–Kier alpha value is -1.49. The van der Waals surface area contributed by atoms with Crippen LogP contribution in [0, 0.1) is 5.41 Å². The summed E-state index contributed by atoms with van der Waals surface area (Å²) >= 11 is 0. The predicted octanol–water partition coefficient (Wildman–Crippen LogP) is 10.0. The molecule has 4 aliphatic rings. The van der Waals surface area contributed by atoms with E-state index in [0.717, 1.165) is 31.6 Å². The molecule has 3 aliphatic carbocycles. The van der Waals surface area contributed by atoms with Crippen LogP contribution < -0.4 is 0 Å². The molecule has 0 bridgehead atoms. The summed E-state index contributed by atoms with van der Waals surface area (Å²) in [6, 6.07) is 9.43. The zero-order valence-corrected chi connectivity index (χ0v) is 27.0. The van der Waals surface area contributed by atoms with Crippen molar-refractivity contribution in [2.24, 2.45) is 5.41 Å². The van der Waals surface area contributed by atoms with Crippen LogP contribution in [0.15, 0.2) is 24.3 Å². The number of nitrogens with zero attached hydrogens (tertiary/aromatic N) is 1. The summed E-state index contributed by atoms with van der Waals surface area (Å²) < 4.78 is 14.7. The van der Waals surface area contributed by atoms with Gasteiger partial charge in [-0.25, -0.2) is 0 Å². The quantitative estimate of drug-likeness (QED) is 0.350. The first kappa shape index (κ1) is 27.7. The monoisotopic (exact) mass is 545 g/mol. The summed E-state index contributed by atoms with van der Waals surface area (Å²) in [5, 5.41) is 0.163. The van der Waals surface area contributed by atoms with Crippen LogP contribution in [0.4, 0.5) is 0 Å². The summed E-state index contributed by atoms with van der Waals surface area (Å²) in [4.78, 5) is 5.56. The molecule has 1 aliphatic heterocycles. The van der Waals surface area contributed by atoms with E-state index in [9.17, 15) is 0 Å². The molecule has 0 amide bonds.